The maximum absolute atomic E-state index is 12.8. The van der Waals surface area contributed by atoms with Crippen LogP contribution in [-0.4, -0.2) is 55.1 Å². The molecule has 1 aliphatic heterocycles. The molecule has 1 aliphatic rings. The highest BCUT2D eigenvalue weighted by Crippen LogP contribution is 2.27. The number of benzene rings is 1. The first-order chi connectivity index (χ1) is 13.6. The van der Waals surface area contributed by atoms with Crippen LogP contribution in [0.5, 0.6) is 0 Å². The first-order valence-electron chi connectivity index (χ1n) is 9.89. The lowest BCUT2D eigenvalue weighted by Crippen LogP contribution is -2.52. The zero-order valence-corrected chi connectivity index (χ0v) is 19.5. The Morgan fingerprint density at radius 1 is 1.07 bits per heavy atom. The van der Waals surface area contributed by atoms with Crippen LogP contribution in [0.1, 0.15) is 53.5 Å². The molecule has 30 heavy (non-hydrogen) atoms. The molecule has 1 aromatic carbocycles. The number of ether oxygens (including phenoxy) is 1. The van der Waals surface area contributed by atoms with E-state index in [2.05, 4.69) is 5.32 Å². The summed E-state index contributed by atoms with van der Waals surface area (Å²) in [4.78, 5) is 26.7. The van der Waals surface area contributed by atoms with E-state index in [1.807, 2.05) is 27.7 Å². The lowest BCUT2D eigenvalue weighted by atomic mass is 10.1. The molecular formula is C21H32N2O6S. The van der Waals surface area contributed by atoms with Crippen LogP contribution in [-0.2, 0) is 23.8 Å². The Hall–Kier alpha value is -2.13. The molecule has 1 saturated heterocycles. The Morgan fingerprint density at radius 2 is 1.63 bits per heavy atom. The maximum atomic E-state index is 12.8. The van der Waals surface area contributed by atoms with Crippen molar-refractivity contribution in [3.8, 4) is 0 Å². The Morgan fingerprint density at radius 3 is 2.13 bits per heavy atom. The zero-order chi connectivity index (χ0) is 22.9. The summed E-state index contributed by atoms with van der Waals surface area (Å²) in [5, 5.41) is 2.84. The molecule has 0 radical (unpaired) electrons. The van der Waals surface area contributed by atoms with E-state index in [1.165, 1.54) is 17.0 Å². The number of amides is 2. The monoisotopic (exact) mass is 440 g/mol. The minimum atomic E-state index is -4.04. The molecular weight excluding hydrogens is 408 g/mol. The molecule has 0 unspecified atom stereocenters. The van der Waals surface area contributed by atoms with Gasteiger partial charge in [-0.15, -0.1) is 0 Å². The standard InChI is InChI=1S/C21H32N2O6S/c1-14-8-10-16(11-9-14)30(26,27)29-15-12-17(18(24)22-20(2,3)4)23(13-15)19(25)28-21(5,6)7/h8-11,15,17H,12-13H2,1-7H3,(H,22,24)/t15-,17+/m1/s1. The van der Waals surface area contributed by atoms with Gasteiger partial charge in [-0.2, -0.15) is 8.42 Å². The molecule has 1 N–H and O–H groups in total. The van der Waals surface area contributed by atoms with Crippen LogP contribution in [0.15, 0.2) is 29.2 Å². The molecule has 0 saturated carbocycles. The number of nitrogens with one attached hydrogen (secondary N) is 1. The van der Waals surface area contributed by atoms with Crippen molar-refractivity contribution in [3.05, 3.63) is 29.8 Å². The molecule has 0 bridgehead atoms. The highest BCUT2D eigenvalue weighted by Gasteiger charge is 2.44. The van der Waals surface area contributed by atoms with Crippen molar-refractivity contribution in [2.45, 2.75) is 83.1 Å². The third-order valence-electron chi connectivity index (χ3n) is 4.26. The number of rotatable bonds is 4. The van der Waals surface area contributed by atoms with E-state index in [0.29, 0.717) is 0 Å². The molecule has 0 spiro atoms. The van der Waals surface area contributed by atoms with E-state index in [9.17, 15) is 18.0 Å². The molecule has 2 rings (SSSR count). The van der Waals surface area contributed by atoms with Gasteiger partial charge in [0.05, 0.1) is 17.5 Å². The van der Waals surface area contributed by atoms with E-state index in [1.54, 1.807) is 32.9 Å². The van der Waals surface area contributed by atoms with Gasteiger partial charge in [-0.1, -0.05) is 17.7 Å². The number of aryl methyl sites for hydroxylation is 1. The van der Waals surface area contributed by atoms with Crippen molar-refractivity contribution in [3.63, 3.8) is 0 Å². The highest BCUT2D eigenvalue weighted by molar-refractivity contribution is 7.86. The van der Waals surface area contributed by atoms with Crippen LogP contribution in [0.25, 0.3) is 0 Å². The second kappa shape index (κ2) is 8.55. The number of nitrogens with zero attached hydrogens (tertiary/aromatic N) is 1. The first-order valence-corrected chi connectivity index (χ1v) is 11.3. The minimum absolute atomic E-state index is 0.0273. The van der Waals surface area contributed by atoms with Crippen molar-refractivity contribution in [2.75, 3.05) is 6.54 Å². The third kappa shape index (κ3) is 6.70. The van der Waals surface area contributed by atoms with Gasteiger partial charge in [0.25, 0.3) is 10.1 Å². The third-order valence-corrected chi connectivity index (χ3v) is 5.64. The fourth-order valence-corrected chi connectivity index (χ4v) is 4.11. The molecule has 8 nitrogen and oxygen atoms in total. The van der Waals surface area contributed by atoms with Gasteiger partial charge in [0.1, 0.15) is 11.6 Å². The van der Waals surface area contributed by atoms with Gasteiger partial charge in [0.15, 0.2) is 0 Å². The Kier molecular flexibility index (Phi) is 6.88. The molecule has 2 atom stereocenters. The SMILES string of the molecule is Cc1ccc(S(=O)(=O)O[C@@H]2C[C@@H](C(=O)NC(C)(C)C)N(C(=O)OC(C)(C)C)C2)cc1. The van der Waals surface area contributed by atoms with E-state index in [0.717, 1.165) is 5.56 Å². The molecule has 168 valence electrons. The van der Waals surface area contributed by atoms with Crippen molar-refractivity contribution in [1.29, 1.82) is 0 Å². The maximum Gasteiger partial charge on any atom is 0.411 e. The topological polar surface area (TPSA) is 102 Å². The molecule has 2 amide bonds. The predicted octanol–water partition coefficient (Wildman–Crippen LogP) is 2.99. The van der Waals surface area contributed by atoms with Gasteiger partial charge in [-0.05, 0) is 60.6 Å². The van der Waals surface area contributed by atoms with Crippen molar-refractivity contribution >= 4 is 22.1 Å². The van der Waals surface area contributed by atoms with Crippen molar-refractivity contribution in [1.82, 2.24) is 10.2 Å². The highest BCUT2D eigenvalue weighted by atomic mass is 32.2. The van der Waals surface area contributed by atoms with Gasteiger partial charge in [0.2, 0.25) is 5.91 Å². The number of likely N-dealkylation sites (tertiary alicyclic amines) is 1. The Balaban J connectivity index is 2.23. The summed E-state index contributed by atoms with van der Waals surface area (Å²) >= 11 is 0. The molecule has 1 aromatic rings. The summed E-state index contributed by atoms with van der Waals surface area (Å²) in [6, 6.07) is 5.40. The number of hydrogen-bond donors (Lipinski definition) is 1. The van der Waals surface area contributed by atoms with Crippen molar-refractivity contribution < 1.29 is 26.9 Å². The second-order valence-corrected chi connectivity index (χ2v) is 11.2. The molecule has 0 aromatic heterocycles. The number of carbonyl (C=O) groups is 2. The summed E-state index contributed by atoms with van der Waals surface area (Å²) in [6.07, 6.45) is -1.50. The van der Waals surface area contributed by atoms with Gasteiger partial charge >= 0.3 is 6.09 Å². The normalized spacial score (nSPS) is 20.2. The van der Waals surface area contributed by atoms with E-state index in [-0.39, 0.29) is 23.8 Å². The largest absolute Gasteiger partial charge is 0.444 e. The average molecular weight is 441 g/mol. The van der Waals surface area contributed by atoms with E-state index in [4.69, 9.17) is 8.92 Å². The predicted molar refractivity (Wildman–Crippen MR) is 112 cm³/mol. The van der Waals surface area contributed by atoms with Crippen molar-refractivity contribution in [2.24, 2.45) is 0 Å². The van der Waals surface area contributed by atoms with E-state index >= 15 is 0 Å². The minimum Gasteiger partial charge on any atom is -0.444 e. The Bertz CT molecular complexity index is 846. The van der Waals surface area contributed by atoms with Crippen LogP contribution in [0.2, 0.25) is 0 Å². The summed E-state index contributed by atoms with van der Waals surface area (Å²) in [7, 11) is -4.04. The molecule has 1 heterocycles. The fraction of sp³-hybridized carbons (Fsp3) is 0.619. The first kappa shape index (κ1) is 24.1. The number of carbonyl (C=O) groups excluding carboxylic acids is 2. The summed E-state index contributed by atoms with van der Waals surface area (Å²) in [5.74, 6) is -0.382. The summed E-state index contributed by atoms with van der Waals surface area (Å²) in [5.41, 5.74) is -0.344. The average Bonchev–Trinajstić information content (AvgIpc) is 2.95. The van der Waals surface area contributed by atoms with Crippen LogP contribution in [0.4, 0.5) is 4.79 Å². The lowest BCUT2D eigenvalue weighted by Gasteiger charge is -2.30. The molecule has 9 heteroatoms. The van der Waals surface area contributed by atoms with Crippen LogP contribution < -0.4 is 5.32 Å². The number of hydrogen-bond acceptors (Lipinski definition) is 6. The summed E-state index contributed by atoms with van der Waals surface area (Å²) in [6.45, 7) is 12.4. The van der Waals surface area contributed by atoms with Gasteiger partial charge < -0.3 is 10.1 Å². The molecule has 0 aliphatic carbocycles. The van der Waals surface area contributed by atoms with Crippen LogP contribution in [0.3, 0.4) is 0 Å². The second-order valence-electron chi connectivity index (χ2n) is 9.61. The quantitative estimate of drug-likeness (QED) is 0.722. The Labute approximate surface area is 179 Å². The van der Waals surface area contributed by atoms with Gasteiger partial charge in [0, 0.05) is 12.0 Å². The van der Waals surface area contributed by atoms with Gasteiger partial charge in [-0.25, -0.2) is 4.79 Å². The van der Waals surface area contributed by atoms with Crippen LogP contribution >= 0.6 is 0 Å². The molecule has 1 fully saturated rings. The lowest BCUT2D eigenvalue weighted by molar-refractivity contribution is -0.127. The smallest absolute Gasteiger partial charge is 0.411 e. The fourth-order valence-electron chi connectivity index (χ4n) is 3.03. The zero-order valence-electron chi connectivity index (χ0n) is 18.7. The van der Waals surface area contributed by atoms with Crippen LogP contribution in [0, 0.1) is 6.92 Å². The summed E-state index contributed by atoms with van der Waals surface area (Å²) < 4.78 is 36.1. The van der Waals surface area contributed by atoms with E-state index < -0.39 is 39.5 Å². The van der Waals surface area contributed by atoms with Gasteiger partial charge in [-0.3, -0.25) is 13.9 Å².